The standard InChI is InChI=1S/C23H25FN8O3/c1-2-28-23(34)30-20-10-17(13-35-22(32-26)14-3-5-18(24)6-4-14)19(12-29-20)15-7-8-27-11-16(9-15)21(33)31-25/h3-10,12H,2,11,13,25-26H2,1H3,(H,31,33)(H2,28,29,30,34). The second-order valence-electron chi connectivity index (χ2n) is 7.20. The zero-order valence-corrected chi connectivity index (χ0v) is 18.9. The number of benzene rings is 1. The molecule has 2 heterocycles. The van der Waals surface area contributed by atoms with Crippen molar-refractivity contribution in [3.8, 4) is 0 Å². The number of aromatic nitrogens is 1. The molecule has 182 valence electrons. The van der Waals surface area contributed by atoms with E-state index < -0.39 is 17.8 Å². The fourth-order valence-electron chi connectivity index (χ4n) is 3.16. The zero-order valence-electron chi connectivity index (χ0n) is 18.9. The second-order valence-corrected chi connectivity index (χ2v) is 7.20. The molecule has 2 aromatic rings. The zero-order chi connectivity index (χ0) is 25.2. The molecule has 0 fully saturated rings. The maximum absolute atomic E-state index is 13.3. The van der Waals surface area contributed by atoms with Crippen LogP contribution in [0.2, 0.25) is 0 Å². The molecule has 0 aliphatic carbocycles. The first-order chi connectivity index (χ1) is 16.9. The summed E-state index contributed by atoms with van der Waals surface area (Å²) in [4.78, 5) is 32.6. The second kappa shape index (κ2) is 12.0. The molecule has 1 aliphatic heterocycles. The summed E-state index contributed by atoms with van der Waals surface area (Å²) in [7, 11) is 0. The lowest BCUT2D eigenvalue weighted by molar-refractivity contribution is -0.117. The molecule has 3 amide bonds. The van der Waals surface area contributed by atoms with Gasteiger partial charge in [-0.1, -0.05) is 0 Å². The van der Waals surface area contributed by atoms with Gasteiger partial charge in [-0.15, -0.1) is 5.10 Å². The number of allylic oxidation sites excluding steroid dienone is 3. The lowest BCUT2D eigenvalue weighted by Gasteiger charge is -2.15. The third-order valence-electron chi connectivity index (χ3n) is 4.83. The molecule has 1 aliphatic rings. The number of hydrazone groups is 1. The molecule has 12 heteroatoms. The molecule has 0 radical (unpaired) electrons. The van der Waals surface area contributed by atoms with Crippen molar-refractivity contribution in [2.45, 2.75) is 13.5 Å². The van der Waals surface area contributed by atoms with Gasteiger partial charge in [0, 0.05) is 41.2 Å². The maximum Gasteiger partial charge on any atom is 0.320 e. The summed E-state index contributed by atoms with van der Waals surface area (Å²) in [6.45, 7) is 2.35. The highest BCUT2D eigenvalue weighted by Gasteiger charge is 2.16. The predicted molar refractivity (Wildman–Crippen MR) is 131 cm³/mol. The summed E-state index contributed by atoms with van der Waals surface area (Å²) in [6, 6.07) is 6.71. The number of anilines is 1. The number of amides is 3. The van der Waals surface area contributed by atoms with Crippen molar-refractivity contribution >= 4 is 35.4 Å². The molecule has 0 unspecified atom stereocenters. The van der Waals surface area contributed by atoms with Crippen LogP contribution in [0.3, 0.4) is 0 Å². The number of ether oxygens (including phenoxy) is 1. The number of carbonyl (C=O) groups is 2. The van der Waals surface area contributed by atoms with Gasteiger partial charge in [0.2, 0.25) is 5.90 Å². The Morgan fingerprint density at radius 3 is 2.71 bits per heavy atom. The van der Waals surface area contributed by atoms with Gasteiger partial charge in [-0.3, -0.25) is 20.5 Å². The summed E-state index contributed by atoms with van der Waals surface area (Å²) in [5.41, 5.74) is 4.75. The van der Waals surface area contributed by atoms with Crippen molar-refractivity contribution in [2.24, 2.45) is 21.8 Å². The number of aliphatic imine (C=N–C) groups is 1. The predicted octanol–water partition coefficient (Wildman–Crippen LogP) is 1.58. The summed E-state index contributed by atoms with van der Waals surface area (Å²) in [5, 5.41) is 8.94. The number of halogens is 1. The van der Waals surface area contributed by atoms with Gasteiger partial charge in [-0.25, -0.2) is 20.0 Å². The van der Waals surface area contributed by atoms with Crippen LogP contribution in [-0.4, -0.2) is 42.1 Å². The number of nitrogens with zero attached hydrogens (tertiary/aromatic N) is 3. The molecule has 3 rings (SSSR count). The number of urea groups is 1. The van der Waals surface area contributed by atoms with Crippen molar-refractivity contribution in [3.63, 3.8) is 0 Å². The van der Waals surface area contributed by atoms with Crippen LogP contribution in [-0.2, 0) is 16.1 Å². The molecular formula is C23H25FN8O3. The normalized spacial score (nSPS) is 13.3. The van der Waals surface area contributed by atoms with Crippen LogP contribution in [0.1, 0.15) is 23.6 Å². The Labute approximate surface area is 200 Å². The highest BCUT2D eigenvalue weighted by atomic mass is 19.1. The van der Waals surface area contributed by atoms with Gasteiger partial charge in [0.15, 0.2) is 0 Å². The van der Waals surface area contributed by atoms with Crippen LogP contribution in [0.15, 0.2) is 64.3 Å². The van der Waals surface area contributed by atoms with Crippen LogP contribution < -0.4 is 27.7 Å². The summed E-state index contributed by atoms with van der Waals surface area (Å²) < 4.78 is 19.1. The largest absolute Gasteiger partial charge is 0.471 e. The summed E-state index contributed by atoms with van der Waals surface area (Å²) in [6.07, 6.45) is 6.47. The molecule has 35 heavy (non-hydrogen) atoms. The molecule has 11 nitrogen and oxygen atoms in total. The van der Waals surface area contributed by atoms with E-state index >= 15 is 0 Å². The maximum atomic E-state index is 13.3. The molecule has 7 N–H and O–H groups in total. The van der Waals surface area contributed by atoms with Crippen molar-refractivity contribution in [3.05, 3.63) is 76.8 Å². The van der Waals surface area contributed by atoms with Gasteiger partial charge >= 0.3 is 6.03 Å². The number of pyridine rings is 1. The molecule has 0 saturated carbocycles. The molecule has 0 saturated heterocycles. The van der Waals surface area contributed by atoms with Crippen LogP contribution in [0.4, 0.5) is 15.0 Å². The Kier molecular flexibility index (Phi) is 8.62. The number of rotatable bonds is 7. The number of carbonyl (C=O) groups excluding carboxylic acids is 2. The van der Waals surface area contributed by atoms with E-state index in [4.69, 9.17) is 16.4 Å². The minimum atomic E-state index is -0.468. The van der Waals surface area contributed by atoms with E-state index in [-0.39, 0.29) is 24.9 Å². The van der Waals surface area contributed by atoms with Crippen LogP contribution in [0.5, 0.6) is 0 Å². The fraction of sp³-hybridized carbons (Fsp3) is 0.174. The smallest absolute Gasteiger partial charge is 0.320 e. The van der Waals surface area contributed by atoms with E-state index in [2.05, 4.69) is 31.1 Å². The van der Waals surface area contributed by atoms with Crippen molar-refractivity contribution in [1.82, 2.24) is 15.7 Å². The molecule has 0 atom stereocenters. The SMILES string of the molecule is CCNC(=O)Nc1cc(COC(=NN)c2ccc(F)cc2)c(C2=CC=NCC(C(=O)NN)=C2)cn1. The lowest BCUT2D eigenvalue weighted by Crippen LogP contribution is -2.32. The van der Waals surface area contributed by atoms with Crippen LogP contribution in [0, 0.1) is 5.82 Å². The quantitative estimate of drug-likeness (QED) is 0.132. The number of nitrogens with one attached hydrogen (secondary N) is 3. The van der Waals surface area contributed by atoms with Gasteiger partial charge < -0.3 is 15.9 Å². The van der Waals surface area contributed by atoms with E-state index in [1.165, 1.54) is 30.5 Å². The third kappa shape index (κ3) is 6.71. The van der Waals surface area contributed by atoms with Gasteiger partial charge in [0.05, 0.1) is 6.54 Å². The fourth-order valence-corrected chi connectivity index (χ4v) is 3.16. The monoisotopic (exact) mass is 480 g/mol. The average Bonchev–Trinajstić information content (AvgIpc) is 3.11. The van der Waals surface area contributed by atoms with E-state index in [9.17, 15) is 14.0 Å². The number of hydrogen-bond donors (Lipinski definition) is 5. The number of hydrazine groups is 1. The highest BCUT2D eigenvalue weighted by Crippen LogP contribution is 2.25. The van der Waals surface area contributed by atoms with Gasteiger partial charge in [-0.2, -0.15) is 0 Å². The lowest BCUT2D eigenvalue weighted by atomic mass is 9.99. The van der Waals surface area contributed by atoms with Gasteiger partial charge in [0.25, 0.3) is 5.91 Å². The first kappa shape index (κ1) is 25.1. The Morgan fingerprint density at radius 1 is 1.26 bits per heavy atom. The van der Waals surface area contributed by atoms with Crippen LogP contribution in [0.25, 0.3) is 5.57 Å². The van der Waals surface area contributed by atoms with Gasteiger partial charge in [0.1, 0.15) is 18.2 Å². The highest BCUT2D eigenvalue weighted by molar-refractivity contribution is 6.00. The average molecular weight is 481 g/mol. The molecule has 0 spiro atoms. The Bertz CT molecular complexity index is 1210. The molecule has 1 aromatic heterocycles. The van der Waals surface area contributed by atoms with E-state index in [0.29, 0.717) is 34.4 Å². The van der Waals surface area contributed by atoms with Crippen molar-refractivity contribution in [2.75, 3.05) is 18.4 Å². The van der Waals surface area contributed by atoms with E-state index in [0.717, 1.165) is 0 Å². The first-order valence-electron chi connectivity index (χ1n) is 10.6. The van der Waals surface area contributed by atoms with E-state index in [1.807, 2.05) is 0 Å². The van der Waals surface area contributed by atoms with Crippen molar-refractivity contribution in [1.29, 1.82) is 0 Å². The molecule has 1 aromatic carbocycles. The van der Waals surface area contributed by atoms with Crippen LogP contribution >= 0.6 is 0 Å². The molecular weight excluding hydrogens is 455 g/mol. The van der Waals surface area contributed by atoms with E-state index in [1.54, 1.807) is 31.4 Å². The first-order valence-corrected chi connectivity index (χ1v) is 10.6. The Morgan fingerprint density at radius 2 is 2.03 bits per heavy atom. The van der Waals surface area contributed by atoms with Gasteiger partial charge in [-0.05, 0) is 55.0 Å². The number of nitrogens with two attached hydrogens (primary N) is 2. The minimum Gasteiger partial charge on any atom is -0.471 e. The summed E-state index contributed by atoms with van der Waals surface area (Å²) >= 11 is 0. The Balaban J connectivity index is 1.96. The molecule has 0 bridgehead atoms. The minimum absolute atomic E-state index is 0.0317. The Hall–Kier alpha value is -4.58. The third-order valence-corrected chi connectivity index (χ3v) is 4.83. The summed E-state index contributed by atoms with van der Waals surface area (Å²) in [5.74, 6) is 10.3. The topological polar surface area (TPSA) is 169 Å². The van der Waals surface area contributed by atoms with Crippen molar-refractivity contribution < 1.29 is 18.7 Å². The number of hydrogen-bond acceptors (Lipinski definition) is 8.